The summed E-state index contributed by atoms with van der Waals surface area (Å²) in [7, 11) is 0. The van der Waals surface area contributed by atoms with Crippen molar-refractivity contribution in [2.24, 2.45) is 0 Å². The number of pyridine rings is 1. The quantitative estimate of drug-likeness (QED) is 0.852. The van der Waals surface area contributed by atoms with Gasteiger partial charge in [0, 0.05) is 6.54 Å². The van der Waals surface area contributed by atoms with Crippen molar-refractivity contribution < 1.29 is 22.4 Å². The van der Waals surface area contributed by atoms with Crippen molar-refractivity contribution in [2.45, 2.75) is 38.4 Å². The third-order valence-corrected chi connectivity index (χ3v) is 4.78. The number of carbonyl (C=O) groups excluding carboxylic acids is 1. The fraction of sp³-hybridized carbons (Fsp3) is 0.474. The van der Waals surface area contributed by atoms with E-state index < -0.39 is 17.8 Å². The number of carbonyl (C=O) groups is 1. The van der Waals surface area contributed by atoms with Crippen molar-refractivity contribution in [1.82, 2.24) is 15.2 Å². The van der Waals surface area contributed by atoms with E-state index in [4.69, 9.17) is 4.42 Å². The van der Waals surface area contributed by atoms with Crippen LogP contribution in [0.2, 0.25) is 0 Å². The van der Waals surface area contributed by atoms with Gasteiger partial charge in [-0.1, -0.05) is 6.42 Å². The van der Waals surface area contributed by atoms with Gasteiger partial charge in [0.2, 0.25) is 0 Å². The Balaban J connectivity index is 1.71. The number of amides is 1. The van der Waals surface area contributed by atoms with Gasteiger partial charge in [-0.15, -0.1) is 0 Å². The first-order valence-corrected chi connectivity index (χ1v) is 8.97. The molecule has 5 nitrogen and oxygen atoms in total. The summed E-state index contributed by atoms with van der Waals surface area (Å²) in [5, 5.41) is 2.82. The summed E-state index contributed by atoms with van der Waals surface area (Å²) in [6, 6.07) is 5.57. The number of nitrogens with one attached hydrogen (secondary N) is 1. The third kappa shape index (κ3) is 4.68. The molecule has 146 valence electrons. The summed E-state index contributed by atoms with van der Waals surface area (Å²) in [5.41, 5.74) is -0.812. The molecule has 27 heavy (non-hydrogen) atoms. The predicted molar refractivity (Wildman–Crippen MR) is 93.2 cm³/mol. The Morgan fingerprint density at radius 2 is 2.00 bits per heavy atom. The molecule has 1 aliphatic rings. The molecular formula is C19H22F3N3O2. The van der Waals surface area contributed by atoms with Gasteiger partial charge in [0.15, 0.2) is 0 Å². The number of alkyl halides is 3. The van der Waals surface area contributed by atoms with Gasteiger partial charge in [-0.2, -0.15) is 13.2 Å². The Bertz CT molecular complexity index is 769. The molecule has 1 unspecified atom stereocenters. The van der Waals surface area contributed by atoms with E-state index in [1.807, 2.05) is 6.07 Å². The molecule has 3 rings (SSSR count). The summed E-state index contributed by atoms with van der Waals surface area (Å²) in [4.78, 5) is 18.3. The molecule has 0 aromatic carbocycles. The van der Waals surface area contributed by atoms with E-state index >= 15 is 0 Å². The van der Waals surface area contributed by atoms with E-state index in [-0.39, 0.29) is 17.3 Å². The normalized spacial score (nSPS) is 16.9. The van der Waals surface area contributed by atoms with Crippen molar-refractivity contribution in [1.29, 1.82) is 0 Å². The van der Waals surface area contributed by atoms with Crippen LogP contribution in [0.1, 0.15) is 52.8 Å². The maximum absolute atomic E-state index is 12.7. The summed E-state index contributed by atoms with van der Waals surface area (Å²) in [6.07, 6.45) is 0.431. The number of nitrogens with zero attached hydrogens (tertiary/aromatic N) is 2. The molecule has 8 heteroatoms. The number of aryl methyl sites for hydroxylation is 1. The van der Waals surface area contributed by atoms with E-state index in [0.29, 0.717) is 6.54 Å². The number of halogens is 3. The van der Waals surface area contributed by atoms with Crippen LogP contribution in [0.3, 0.4) is 0 Å². The highest BCUT2D eigenvalue weighted by molar-refractivity contribution is 5.95. The third-order valence-electron chi connectivity index (χ3n) is 4.78. The second-order valence-electron chi connectivity index (χ2n) is 6.67. The van der Waals surface area contributed by atoms with Gasteiger partial charge in [-0.25, -0.2) is 4.98 Å². The Labute approximate surface area is 155 Å². The van der Waals surface area contributed by atoms with E-state index in [1.165, 1.54) is 19.4 Å². The highest BCUT2D eigenvalue weighted by atomic mass is 19.4. The minimum absolute atomic E-state index is 0.0508. The Morgan fingerprint density at radius 3 is 2.59 bits per heavy atom. The zero-order chi connectivity index (χ0) is 19.4. The minimum atomic E-state index is -4.53. The molecule has 1 atom stereocenters. The summed E-state index contributed by atoms with van der Waals surface area (Å²) >= 11 is 0. The molecule has 1 aliphatic heterocycles. The smallest absolute Gasteiger partial charge is 0.433 e. The topological polar surface area (TPSA) is 58.4 Å². The Kier molecular flexibility index (Phi) is 5.84. The molecule has 0 bridgehead atoms. The van der Waals surface area contributed by atoms with Crippen molar-refractivity contribution >= 4 is 5.91 Å². The molecule has 0 aliphatic carbocycles. The zero-order valence-electron chi connectivity index (χ0n) is 15.1. The first-order chi connectivity index (χ1) is 12.9. The van der Waals surface area contributed by atoms with Crippen LogP contribution in [-0.4, -0.2) is 35.4 Å². The molecule has 1 fully saturated rings. The molecule has 2 aromatic heterocycles. The van der Waals surface area contributed by atoms with Crippen LogP contribution < -0.4 is 5.32 Å². The van der Waals surface area contributed by atoms with Crippen LogP contribution in [0, 0.1) is 6.92 Å². The predicted octanol–water partition coefficient (Wildman–Crippen LogP) is 3.96. The van der Waals surface area contributed by atoms with Crippen molar-refractivity contribution in [2.75, 3.05) is 19.6 Å². The zero-order valence-corrected chi connectivity index (χ0v) is 15.1. The summed E-state index contributed by atoms with van der Waals surface area (Å²) in [6.45, 7) is 3.55. The van der Waals surface area contributed by atoms with Gasteiger partial charge in [0.1, 0.15) is 11.5 Å². The summed E-state index contributed by atoms with van der Waals surface area (Å²) < 4.78 is 43.7. The van der Waals surface area contributed by atoms with Crippen LogP contribution in [0.25, 0.3) is 0 Å². The molecule has 1 N–H and O–H groups in total. The average molecular weight is 381 g/mol. The van der Waals surface area contributed by atoms with Crippen LogP contribution >= 0.6 is 0 Å². The Morgan fingerprint density at radius 1 is 1.26 bits per heavy atom. The lowest BCUT2D eigenvalue weighted by molar-refractivity contribution is -0.141. The number of rotatable bonds is 5. The Hall–Kier alpha value is -2.35. The van der Waals surface area contributed by atoms with Gasteiger partial charge < -0.3 is 9.73 Å². The van der Waals surface area contributed by atoms with Crippen LogP contribution in [0.4, 0.5) is 13.2 Å². The van der Waals surface area contributed by atoms with Gasteiger partial charge in [0.05, 0.1) is 23.6 Å². The number of piperidine rings is 1. The fourth-order valence-corrected chi connectivity index (χ4v) is 3.36. The highest BCUT2D eigenvalue weighted by Crippen LogP contribution is 2.28. The van der Waals surface area contributed by atoms with Crippen molar-refractivity contribution in [3.8, 4) is 0 Å². The van der Waals surface area contributed by atoms with Crippen LogP contribution in [-0.2, 0) is 6.18 Å². The minimum Gasteiger partial charge on any atom is -0.468 e. The first kappa shape index (κ1) is 19.4. The number of hydrogen-bond acceptors (Lipinski definition) is 4. The molecule has 0 saturated carbocycles. The highest BCUT2D eigenvalue weighted by Gasteiger charge is 2.33. The second kappa shape index (κ2) is 8.12. The number of furan rings is 1. The molecular weight excluding hydrogens is 359 g/mol. The van der Waals surface area contributed by atoms with E-state index in [1.54, 1.807) is 12.3 Å². The van der Waals surface area contributed by atoms with Gasteiger partial charge in [0.25, 0.3) is 5.91 Å². The second-order valence-corrected chi connectivity index (χ2v) is 6.67. The van der Waals surface area contributed by atoms with E-state index in [0.717, 1.165) is 37.8 Å². The maximum atomic E-state index is 12.7. The number of hydrogen-bond donors (Lipinski definition) is 1. The lowest BCUT2D eigenvalue weighted by Crippen LogP contribution is -2.40. The van der Waals surface area contributed by atoms with Gasteiger partial charge >= 0.3 is 6.18 Å². The molecule has 1 saturated heterocycles. The maximum Gasteiger partial charge on any atom is 0.433 e. The average Bonchev–Trinajstić information content (AvgIpc) is 3.16. The number of likely N-dealkylation sites (tertiary alicyclic amines) is 1. The number of aromatic nitrogens is 1. The fourth-order valence-electron chi connectivity index (χ4n) is 3.36. The van der Waals surface area contributed by atoms with Crippen LogP contribution in [0.5, 0.6) is 0 Å². The van der Waals surface area contributed by atoms with Crippen molar-refractivity contribution in [3.63, 3.8) is 0 Å². The molecule has 1 amide bonds. The molecule has 0 radical (unpaired) electrons. The SMILES string of the molecule is Cc1nc(C(F)(F)F)ccc1C(=O)NCC(c1ccco1)N1CCCCC1. The summed E-state index contributed by atoms with van der Waals surface area (Å²) in [5.74, 6) is 0.321. The molecule has 3 heterocycles. The monoisotopic (exact) mass is 381 g/mol. The molecule has 2 aromatic rings. The standard InChI is InChI=1S/C19H22F3N3O2/c1-13-14(7-8-17(24-13)19(20,21)22)18(26)23-12-15(16-6-5-11-27-16)25-9-3-2-4-10-25/h5-8,11,15H,2-4,9-10,12H2,1H3,(H,23,26). The van der Waals surface area contributed by atoms with Crippen molar-refractivity contribution in [3.05, 3.63) is 53.2 Å². The van der Waals surface area contributed by atoms with Crippen LogP contribution in [0.15, 0.2) is 34.9 Å². The molecule has 0 spiro atoms. The lowest BCUT2D eigenvalue weighted by Gasteiger charge is -2.33. The van der Waals surface area contributed by atoms with Gasteiger partial charge in [-0.05, 0) is 57.1 Å². The van der Waals surface area contributed by atoms with E-state index in [9.17, 15) is 18.0 Å². The largest absolute Gasteiger partial charge is 0.468 e. The van der Waals surface area contributed by atoms with E-state index in [2.05, 4.69) is 15.2 Å². The first-order valence-electron chi connectivity index (χ1n) is 8.97. The van der Waals surface area contributed by atoms with Gasteiger partial charge in [-0.3, -0.25) is 9.69 Å². The lowest BCUT2D eigenvalue weighted by atomic mass is 10.1.